The lowest BCUT2D eigenvalue weighted by molar-refractivity contribution is 0.0963. The van der Waals surface area contributed by atoms with E-state index in [1.165, 1.54) is 11.1 Å². The number of hydrogen-bond acceptors (Lipinski definition) is 3. The third kappa shape index (κ3) is 3.80. The first-order chi connectivity index (χ1) is 11.7. The highest BCUT2D eigenvalue weighted by Gasteiger charge is 2.26. The van der Waals surface area contributed by atoms with Crippen molar-refractivity contribution in [1.29, 1.82) is 0 Å². The molecule has 1 heterocycles. The van der Waals surface area contributed by atoms with E-state index in [-0.39, 0.29) is 12.1 Å². The summed E-state index contributed by atoms with van der Waals surface area (Å²) in [4.78, 5) is 17.9. The molecule has 130 valence electrons. The Labute approximate surface area is 143 Å². The van der Waals surface area contributed by atoms with Gasteiger partial charge in [-0.05, 0) is 37.3 Å². The normalized spacial score (nSPS) is 21.0. The van der Waals surface area contributed by atoms with Gasteiger partial charge in [0.25, 0.3) is 0 Å². The van der Waals surface area contributed by atoms with Crippen LogP contribution in [0.15, 0.2) is 29.3 Å². The SMILES string of the molecule is CCOC(=O)N1CCC(NC(N)=NCC2Cc3ccccc32)CC1. The van der Waals surface area contributed by atoms with Crippen LogP contribution in [-0.2, 0) is 11.2 Å². The third-order valence-electron chi connectivity index (χ3n) is 4.82. The van der Waals surface area contributed by atoms with Crippen LogP contribution in [0.2, 0.25) is 0 Å². The summed E-state index contributed by atoms with van der Waals surface area (Å²) in [5.41, 5.74) is 8.85. The second kappa shape index (κ2) is 7.55. The molecule has 3 N–H and O–H groups in total. The monoisotopic (exact) mass is 330 g/mol. The zero-order chi connectivity index (χ0) is 16.9. The Bertz CT molecular complexity index is 609. The van der Waals surface area contributed by atoms with Crippen LogP contribution in [0.3, 0.4) is 0 Å². The smallest absolute Gasteiger partial charge is 0.409 e. The van der Waals surface area contributed by atoms with Crippen LogP contribution in [0.4, 0.5) is 4.79 Å². The van der Waals surface area contributed by atoms with Gasteiger partial charge in [-0.1, -0.05) is 24.3 Å². The van der Waals surface area contributed by atoms with Crippen molar-refractivity contribution in [3.8, 4) is 0 Å². The van der Waals surface area contributed by atoms with Crippen molar-refractivity contribution in [3.63, 3.8) is 0 Å². The first-order valence-corrected chi connectivity index (χ1v) is 8.73. The highest BCUT2D eigenvalue weighted by molar-refractivity contribution is 5.78. The van der Waals surface area contributed by atoms with E-state index in [2.05, 4.69) is 34.6 Å². The summed E-state index contributed by atoms with van der Waals surface area (Å²) < 4.78 is 5.03. The summed E-state index contributed by atoms with van der Waals surface area (Å²) in [6, 6.07) is 8.78. The number of nitrogens with one attached hydrogen (secondary N) is 1. The van der Waals surface area contributed by atoms with E-state index < -0.39 is 0 Å². The van der Waals surface area contributed by atoms with Gasteiger partial charge in [-0.3, -0.25) is 4.99 Å². The fourth-order valence-corrected chi connectivity index (χ4v) is 3.41. The number of aliphatic imine (C=N–C) groups is 1. The fourth-order valence-electron chi connectivity index (χ4n) is 3.41. The summed E-state index contributed by atoms with van der Waals surface area (Å²) >= 11 is 0. The fraction of sp³-hybridized carbons (Fsp3) is 0.556. The average molecular weight is 330 g/mol. The molecule has 0 aromatic heterocycles. The van der Waals surface area contributed by atoms with Gasteiger partial charge >= 0.3 is 6.09 Å². The minimum absolute atomic E-state index is 0.221. The number of nitrogens with two attached hydrogens (primary N) is 1. The lowest BCUT2D eigenvalue weighted by Crippen LogP contribution is -2.48. The van der Waals surface area contributed by atoms with Crippen LogP contribution in [-0.4, -0.2) is 49.2 Å². The van der Waals surface area contributed by atoms with Gasteiger partial charge < -0.3 is 20.7 Å². The molecule has 0 saturated carbocycles. The molecule has 2 aliphatic rings. The first kappa shape index (κ1) is 16.6. The van der Waals surface area contributed by atoms with Crippen molar-refractivity contribution in [1.82, 2.24) is 10.2 Å². The molecular formula is C18H26N4O2. The van der Waals surface area contributed by atoms with Crippen molar-refractivity contribution < 1.29 is 9.53 Å². The molecule has 0 radical (unpaired) electrons. The first-order valence-electron chi connectivity index (χ1n) is 8.73. The maximum Gasteiger partial charge on any atom is 0.409 e. The van der Waals surface area contributed by atoms with Gasteiger partial charge in [0, 0.05) is 31.6 Å². The Balaban J connectivity index is 1.41. The molecule has 3 rings (SSSR count). The largest absolute Gasteiger partial charge is 0.450 e. The number of likely N-dealkylation sites (tertiary alicyclic amines) is 1. The lowest BCUT2D eigenvalue weighted by Gasteiger charge is -2.32. The number of guanidine groups is 1. The zero-order valence-electron chi connectivity index (χ0n) is 14.2. The summed E-state index contributed by atoms with van der Waals surface area (Å²) in [6.45, 7) is 4.36. The maximum absolute atomic E-state index is 11.7. The molecule has 6 nitrogen and oxygen atoms in total. The molecule has 1 aromatic rings. The van der Waals surface area contributed by atoms with Crippen LogP contribution >= 0.6 is 0 Å². The molecule has 1 atom stereocenters. The molecule has 24 heavy (non-hydrogen) atoms. The molecule has 1 aliphatic heterocycles. The predicted octanol–water partition coefficient (Wildman–Crippen LogP) is 1.85. The molecule has 6 heteroatoms. The van der Waals surface area contributed by atoms with Crippen LogP contribution < -0.4 is 11.1 Å². The number of amides is 1. The van der Waals surface area contributed by atoms with Gasteiger partial charge in [0.15, 0.2) is 5.96 Å². The van der Waals surface area contributed by atoms with Crippen molar-refractivity contribution in [3.05, 3.63) is 35.4 Å². The molecule has 1 amide bonds. The molecule has 0 bridgehead atoms. The van der Waals surface area contributed by atoms with Gasteiger partial charge in [0.05, 0.1) is 6.61 Å². The van der Waals surface area contributed by atoms with Gasteiger partial charge in [-0.15, -0.1) is 0 Å². The van der Waals surface area contributed by atoms with Gasteiger partial charge in [0.2, 0.25) is 0 Å². The minimum atomic E-state index is -0.221. The molecular weight excluding hydrogens is 304 g/mol. The molecule has 1 aromatic carbocycles. The van der Waals surface area contributed by atoms with E-state index in [0.29, 0.717) is 31.6 Å². The van der Waals surface area contributed by atoms with Gasteiger partial charge in [0.1, 0.15) is 0 Å². The number of nitrogens with zero attached hydrogens (tertiary/aromatic N) is 2. The van der Waals surface area contributed by atoms with E-state index in [1.54, 1.807) is 4.90 Å². The molecule has 1 saturated heterocycles. The second-order valence-electron chi connectivity index (χ2n) is 6.43. The highest BCUT2D eigenvalue weighted by atomic mass is 16.6. The van der Waals surface area contributed by atoms with Crippen molar-refractivity contribution >= 4 is 12.1 Å². The second-order valence-corrected chi connectivity index (χ2v) is 6.43. The van der Waals surface area contributed by atoms with E-state index in [0.717, 1.165) is 25.8 Å². The van der Waals surface area contributed by atoms with E-state index in [9.17, 15) is 4.79 Å². The van der Waals surface area contributed by atoms with Crippen LogP contribution in [0, 0.1) is 0 Å². The summed E-state index contributed by atoms with van der Waals surface area (Å²) in [6.07, 6.45) is 2.59. The topological polar surface area (TPSA) is 80.0 Å². The predicted molar refractivity (Wildman–Crippen MR) is 94.1 cm³/mol. The van der Waals surface area contributed by atoms with E-state index in [4.69, 9.17) is 10.5 Å². The molecule has 0 spiro atoms. The van der Waals surface area contributed by atoms with E-state index in [1.807, 2.05) is 6.92 Å². The van der Waals surface area contributed by atoms with Crippen LogP contribution in [0.25, 0.3) is 0 Å². The number of piperidine rings is 1. The van der Waals surface area contributed by atoms with Crippen molar-refractivity contribution in [2.24, 2.45) is 10.7 Å². The average Bonchev–Trinajstić information content (AvgIpc) is 2.56. The van der Waals surface area contributed by atoms with Crippen molar-refractivity contribution in [2.75, 3.05) is 26.2 Å². The third-order valence-corrected chi connectivity index (χ3v) is 4.82. The maximum atomic E-state index is 11.7. The van der Waals surface area contributed by atoms with Crippen LogP contribution in [0.5, 0.6) is 0 Å². The Morgan fingerprint density at radius 3 is 2.83 bits per heavy atom. The Kier molecular flexibility index (Phi) is 5.23. The quantitative estimate of drug-likeness (QED) is 0.652. The standard InChI is InChI=1S/C18H26N4O2/c1-2-24-18(23)22-9-7-15(8-10-22)21-17(19)20-12-14-11-13-5-3-4-6-16(13)14/h3-6,14-15H,2,7-12H2,1H3,(H3,19,20,21). The van der Waals surface area contributed by atoms with Crippen LogP contribution in [0.1, 0.15) is 36.8 Å². The Morgan fingerprint density at radius 1 is 1.38 bits per heavy atom. The summed E-state index contributed by atoms with van der Waals surface area (Å²) in [5, 5.41) is 3.29. The number of rotatable bonds is 4. The lowest BCUT2D eigenvalue weighted by atomic mass is 9.78. The number of benzene rings is 1. The zero-order valence-corrected chi connectivity index (χ0v) is 14.2. The van der Waals surface area contributed by atoms with Gasteiger partial charge in [-0.25, -0.2) is 4.79 Å². The number of ether oxygens (including phenoxy) is 1. The van der Waals surface area contributed by atoms with Gasteiger partial charge in [-0.2, -0.15) is 0 Å². The van der Waals surface area contributed by atoms with E-state index >= 15 is 0 Å². The summed E-state index contributed by atoms with van der Waals surface area (Å²) in [5.74, 6) is 1.00. The molecule has 1 aliphatic carbocycles. The Hall–Kier alpha value is -2.24. The highest BCUT2D eigenvalue weighted by Crippen LogP contribution is 2.34. The summed E-state index contributed by atoms with van der Waals surface area (Å²) in [7, 11) is 0. The molecule has 1 fully saturated rings. The van der Waals surface area contributed by atoms with Crippen molar-refractivity contribution in [2.45, 2.75) is 38.1 Å². The minimum Gasteiger partial charge on any atom is -0.450 e. The number of fused-ring (bicyclic) bond motifs is 1. The number of hydrogen-bond donors (Lipinski definition) is 2. The molecule has 1 unspecified atom stereocenters. The number of carbonyl (C=O) groups excluding carboxylic acids is 1. The Morgan fingerprint density at radius 2 is 2.12 bits per heavy atom. The number of carbonyl (C=O) groups is 1.